The first-order valence-electron chi connectivity index (χ1n) is 8.79. The summed E-state index contributed by atoms with van der Waals surface area (Å²) in [5.41, 5.74) is -1.72. The molecule has 13 heteroatoms. The number of fused-ring (bicyclic) bond motifs is 1. The summed E-state index contributed by atoms with van der Waals surface area (Å²) >= 11 is 0. The van der Waals surface area contributed by atoms with Crippen LogP contribution >= 0.6 is 0 Å². The maximum absolute atomic E-state index is 13.8. The fraction of sp³-hybridized carbons (Fsp3) is 0.105. The van der Waals surface area contributed by atoms with Gasteiger partial charge in [0, 0.05) is 6.20 Å². The summed E-state index contributed by atoms with van der Waals surface area (Å²) < 4.78 is 73.3. The third kappa shape index (κ3) is 3.66. The molecule has 0 unspecified atom stereocenters. The Morgan fingerprint density at radius 1 is 1.19 bits per heavy atom. The van der Waals surface area contributed by atoms with Gasteiger partial charge in [-0.05, 0) is 36.4 Å². The number of aromatic carboxylic acids is 1. The highest BCUT2D eigenvalue weighted by atomic mass is 32.2. The summed E-state index contributed by atoms with van der Waals surface area (Å²) in [5.74, 6) is -0.994. The van der Waals surface area contributed by atoms with Crippen molar-refractivity contribution in [3.8, 4) is 11.7 Å². The predicted molar refractivity (Wildman–Crippen MR) is 104 cm³/mol. The number of ether oxygens (including phenoxy) is 1. The minimum atomic E-state index is -4.98. The standard InChI is InChI=1S/C19H13F3N4O5S/c1-31-11-2-4-12(5-3-11)32(29,30)16-7-15-14(6-13(16)19(20,21)22)24-18(25-15)26-9-10(8-23-26)17(27)28/h2-9H,1H3,(H,24,25)(H,27,28). The van der Waals surface area contributed by atoms with Crippen molar-refractivity contribution in [2.24, 2.45) is 0 Å². The number of carbonyl (C=O) groups is 1. The Morgan fingerprint density at radius 2 is 1.88 bits per heavy atom. The van der Waals surface area contributed by atoms with Crippen molar-refractivity contribution in [1.29, 1.82) is 0 Å². The van der Waals surface area contributed by atoms with Crippen LogP contribution in [0.1, 0.15) is 15.9 Å². The molecule has 2 aromatic carbocycles. The van der Waals surface area contributed by atoms with Crippen LogP contribution in [0, 0.1) is 0 Å². The fourth-order valence-corrected chi connectivity index (χ4v) is 4.49. The molecule has 0 aliphatic carbocycles. The molecular weight excluding hydrogens is 453 g/mol. The highest BCUT2D eigenvalue weighted by Gasteiger charge is 2.38. The zero-order chi connectivity index (χ0) is 23.3. The molecule has 0 aliphatic heterocycles. The molecule has 2 N–H and O–H groups in total. The summed E-state index contributed by atoms with van der Waals surface area (Å²) in [4.78, 5) is 16.4. The van der Waals surface area contributed by atoms with E-state index < -0.39 is 32.4 Å². The summed E-state index contributed by atoms with van der Waals surface area (Å²) in [6.45, 7) is 0. The third-order valence-corrected chi connectivity index (χ3v) is 6.39. The number of halogens is 3. The maximum atomic E-state index is 13.8. The Labute approximate surface area is 178 Å². The van der Waals surface area contributed by atoms with Crippen LogP contribution in [0.5, 0.6) is 5.75 Å². The number of hydrogen-bond acceptors (Lipinski definition) is 6. The lowest BCUT2D eigenvalue weighted by atomic mass is 10.2. The van der Waals surface area contributed by atoms with Crippen LogP contribution in [0.2, 0.25) is 0 Å². The first-order chi connectivity index (χ1) is 15.0. The van der Waals surface area contributed by atoms with Crippen LogP contribution in [0.4, 0.5) is 13.2 Å². The van der Waals surface area contributed by atoms with Gasteiger partial charge in [0.05, 0.1) is 45.3 Å². The van der Waals surface area contributed by atoms with Gasteiger partial charge < -0.3 is 14.8 Å². The van der Waals surface area contributed by atoms with Crippen molar-refractivity contribution in [1.82, 2.24) is 19.7 Å². The van der Waals surface area contributed by atoms with Crippen molar-refractivity contribution in [3.05, 3.63) is 59.9 Å². The Bertz CT molecular complexity index is 1440. The number of aromatic amines is 1. The van der Waals surface area contributed by atoms with Crippen molar-refractivity contribution in [2.75, 3.05) is 7.11 Å². The quantitative estimate of drug-likeness (QED) is 0.462. The lowest BCUT2D eigenvalue weighted by Gasteiger charge is -2.14. The number of nitrogens with one attached hydrogen (secondary N) is 1. The van der Waals surface area contributed by atoms with E-state index in [9.17, 15) is 26.4 Å². The molecule has 0 saturated heterocycles. The van der Waals surface area contributed by atoms with Gasteiger partial charge in [0.15, 0.2) is 0 Å². The zero-order valence-corrected chi connectivity index (χ0v) is 16.9. The lowest BCUT2D eigenvalue weighted by Crippen LogP contribution is -2.13. The van der Waals surface area contributed by atoms with E-state index in [1.807, 2.05) is 0 Å². The second kappa shape index (κ2) is 7.37. The molecule has 0 fully saturated rings. The number of benzene rings is 2. The Morgan fingerprint density at radius 3 is 2.44 bits per heavy atom. The van der Waals surface area contributed by atoms with Gasteiger partial charge in [0.25, 0.3) is 0 Å². The monoisotopic (exact) mass is 466 g/mol. The summed E-state index contributed by atoms with van der Waals surface area (Å²) in [5, 5.41) is 12.8. The summed E-state index contributed by atoms with van der Waals surface area (Å²) in [7, 11) is -3.19. The van der Waals surface area contributed by atoms with Crippen molar-refractivity contribution >= 4 is 26.8 Å². The zero-order valence-electron chi connectivity index (χ0n) is 16.1. The number of hydrogen-bond donors (Lipinski definition) is 2. The van der Waals surface area contributed by atoms with Gasteiger partial charge in [-0.1, -0.05) is 0 Å². The van der Waals surface area contributed by atoms with E-state index in [2.05, 4.69) is 15.1 Å². The van der Waals surface area contributed by atoms with Crippen molar-refractivity contribution in [3.63, 3.8) is 0 Å². The smallest absolute Gasteiger partial charge is 0.417 e. The highest BCUT2D eigenvalue weighted by Crippen LogP contribution is 2.38. The van der Waals surface area contributed by atoms with Crippen LogP contribution in [0.3, 0.4) is 0 Å². The van der Waals surface area contributed by atoms with Crippen LogP contribution in [-0.4, -0.2) is 46.4 Å². The summed E-state index contributed by atoms with van der Waals surface area (Å²) in [6, 6.07) is 6.40. The van der Waals surface area contributed by atoms with E-state index in [-0.39, 0.29) is 27.4 Å². The van der Waals surface area contributed by atoms with E-state index in [1.54, 1.807) is 0 Å². The van der Waals surface area contributed by atoms with E-state index >= 15 is 0 Å². The Kier molecular flexibility index (Phi) is 4.92. The van der Waals surface area contributed by atoms with Gasteiger partial charge in [0.2, 0.25) is 15.8 Å². The van der Waals surface area contributed by atoms with Gasteiger partial charge in [-0.3, -0.25) is 0 Å². The molecular formula is C19H13F3N4O5S. The van der Waals surface area contributed by atoms with E-state index in [4.69, 9.17) is 9.84 Å². The molecule has 0 radical (unpaired) electrons. The SMILES string of the molecule is COc1ccc(S(=O)(=O)c2cc3nc(-n4cc(C(=O)O)cn4)[nH]c3cc2C(F)(F)F)cc1. The van der Waals surface area contributed by atoms with Crippen LogP contribution in [-0.2, 0) is 16.0 Å². The Hall–Kier alpha value is -3.87. The highest BCUT2D eigenvalue weighted by molar-refractivity contribution is 7.91. The number of methoxy groups -OCH3 is 1. The molecule has 0 saturated carbocycles. The van der Waals surface area contributed by atoms with Crippen molar-refractivity contribution < 1.29 is 36.2 Å². The predicted octanol–water partition coefficient (Wildman–Crippen LogP) is 3.31. The van der Waals surface area contributed by atoms with Crippen molar-refractivity contribution in [2.45, 2.75) is 16.0 Å². The molecule has 4 aromatic rings. The van der Waals surface area contributed by atoms with E-state index in [1.165, 1.54) is 19.2 Å². The van der Waals surface area contributed by atoms with Crippen LogP contribution in [0.15, 0.2) is 58.6 Å². The van der Waals surface area contributed by atoms with Crippen LogP contribution in [0.25, 0.3) is 17.0 Å². The molecule has 0 spiro atoms. The Balaban J connectivity index is 1.89. The number of H-pyrrole nitrogens is 1. The average Bonchev–Trinajstić information content (AvgIpc) is 3.39. The second-order valence-electron chi connectivity index (χ2n) is 6.58. The van der Waals surface area contributed by atoms with Crippen LogP contribution < -0.4 is 4.74 Å². The molecule has 9 nitrogen and oxygen atoms in total. The number of carboxylic acid groups (broad SMARTS) is 1. The second-order valence-corrected chi connectivity index (χ2v) is 8.50. The number of imidazole rings is 1. The molecule has 2 heterocycles. The first-order valence-corrected chi connectivity index (χ1v) is 10.3. The number of rotatable bonds is 5. The minimum Gasteiger partial charge on any atom is -0.497 e. The van der Waals surface area contributed by atoms with Gasteiger partial charge in [0.1, 0.15) is 5.75 Å². The van der Waals surface area contributed by atoms with Gasteiger partial charge in [-0.25, -0.2) is 22.9 Å². The number of nitrogens with zero attached hydrogens (tertiary/aromatic N) is 3. The molecule has 0 bridgehead atoms. The average molecular weight is 466 g/mol. The van der Waals surface area contributed by atoms with E-state index in [0.717, 1.165) is 35.3 Å². The van der Waals surface area contributed by atoms with Gasteiger partial charge >= 0.3 is 12.1 Å². The number of sulfone groups is 1. The maximum Gasteiger partial charge on any atom is 0.417 e. The summed E-state index contributed by atoms with van der Waals surface area (Å²) in [6.07, 6.45) is -2.83. The molecule has 0 amide bonds. The molecule has 0 atom stereocenters. The van der Waals surface area contributed by atoms with E-state index in [0.29, 0.717) is 11.8 Å². The molecule has 0 aliphatic rings. The molecule has 2 aromatic heterocycles. The topological polar surface area (TPSA) is 127 Å². The third-order valence-electron chi connectivity index (χ3n) is 4.58. The van der Waals surface area contributed by atoms with Gasteiger partial charge in [-0.2, -0.15) is 18.3 Å². The first kappa shape index (κ1) is 21.4. The molecule has 166 valence electrons. The molecule has 32 heavy (non-hydrogen) atoms. The number of alkyl halides is 3. The normalized spacial score (nSPS) is 12.2. The van der Waals surface area contributed by atoms with Gasteiger partial charge in [-0.15, -0.1) is 0 Å². The molecule has 4 rings (SSSR count). The number of aromatic nitrogens is 4. The number of carboxylic acids is 1. The lowest BCUT2D eigenvalue weighted by molar-refractivity contribution is -0.139. The minimum absolute atomic E-state index is 0.0764. The largest absolute Gasteiger partial charge is 0.497 e. The fourth-order valence-electron chi connectivity index (χ4n) is 3.01.